The molecule has 2 aromatic rings. The number of carbonyl (C=O) groups excluding carboxylic acids is 1. The molecule has 0 fully saturated rings. The molecule has 21 heavy (non-hydrogen) atoms. The standard InChI is InChI=1S/C15H13ClN2O3/c1-9-7-13(16)12(8-17-9)14(19)18(2)11-5-3-10(4-6-11)15(20)21/h3-8H,1-2H3,(H,20,21). The monoisotopic (exact) mass is 304 g/mol. The number of carboxylic acid groups (broad SMARTS) is 1. The van der Waals surface area contributed by atoms with Crippen molar-refractivity contribution in [1.29, 1.82) is 0 Å². The number of hydrogen-bond acceptors (Lipinski definition) is 3. The molecule has 0 radical (unpaired) electrons. The predicted molar refractivity (Wildman–Crippen MR) is 80.1 cm³/mol. The average Bonchev–Trinajstić information content (AvgIpc) is 2.46. The van der Waals surface area contributed by atoms with Gasteiger partial charge >= 0.3 is 5.97 Å². The van der Waals surface area contributed by atoms with Crippen LogP contribution in [0.4, 0.5) is 5.69 Å². The van der Waals surface area contributed by atoms with Crippen molar-refractivity contribution in [2.75, 3.05) is 11.9 Å². The van der Waals surface area contributed by atoms with E-state index < -0.39 is 5.97 Å². The Labute approximate surface area is 126 Å². The van der Waals surface area contributed by atoms with Crippen LogP contribution in [-0.4, -0.2) is 29.0 Å². The third-order valence-electron chi connectivity index (χ3n) is 3.03. The summed E-state index contributed by atoms with van der Waals surface area (Å²) in [7, 11) is 1.59. The molecule has 1 aromatic carbocycles. The normalized spacial score (nSPS) is 10.2. The van der Waals surface area contributed by atoms with Gasteiger partial charge in [-0.2, -0.15) is 0 Å². The van der Waals surface area contributed by atoms with Crippen molar-refractivity contribution >= 4 is 29.2 Å². The fourth-order valence-electron chi connectivity index (χ4n) is 1.81. The van der Waals surface area contributed by atoms with Gasteiger partial charge in [-0.1, -0.05) is 11.6 Å². The predicted octanol–water partition coefficient (Wildman–Crippen LogP) is 3.02. The second-order valence-electron chi connectivity index (χ2n) is 4.52. The Kier molecular flexibility index (Phi) is 4.23. The van der Waals surface area contributed by atoms with E-state index in [2.05, 4.69) is 4.98 Å². The quantitative estimate of drug-likeness (QED) is 0.946. The Morgan fingerprint density at radius 3 is 2.38 bits per heavy atom. The van der Waals surface area contributed by atoms with E-state index in [4.69, 9.17) is 16.7 Å². The highest BCUT2D eigenvalue weighted by molar-refractivity contribution is 6.34. The summed E-state index contributed by atoms with van der Waals surface area (Å²) in [6.07, 6.45) is 1.43. The first kappa shape index (κ1) is 15.0. The van der Waals surface area contributed by atoms with E-state index in [9.17, 15) is 9.59 Å². The number of amides is 1. The number of halogens is 1. The number of hydrogen-bond donors (Lipinski definition) is 1. The van der Waals surface area contributed by atoms with Gasteiger partial charge in [0.15, 0.2) is 0 Å². The molecule has 1 N–H and O–H groups in total. The SMILES string of the molecule is Cc1cc(Cl)c(C(=O)N(C)c2ccc(C(=O)O)cc2)cn1. The highest BCUT2D eigenvalue weighted by Crippen LogP contribution is 2.21. The van der Waals surface area contributed by atoms with Gasteiger partial charge in [-0.3, -0.25) is 9.78 Å². The van der Waals surface area contributed by atoms with Crippen LogP contribution in [0, 0.1) is 6.92 Å². The highest BCUT2D eigenvalue weighted by atomic mass is 35.5. The second kappa shape index (κ2) is 5.93. The lowest BCUT2D eigenvalue weighted by molar-refractivity contribution is 0.0696. The maximum atomic E-state index is 12.4. The van der Waals surface area contributed by atoms with Crippen molar-refractivity contribution in [3.63, 3.8) is 0 Å². The van der Waals surface area contributed by atoms with E-state index >= 15 is 0 Å². The molecule has 0 spiro atoms. The van der Waals surface area contributed by atoms with Crippen LogP contribution in [0.25, 0.3) is 0 Å². The first-order chi connectivity index (χ1) is 9.90. The summed E-state index contributed by atoms with van der Waals surface area (Å²) < 4.78 is 0. The van der Waals surface area contributed by atoms with Gasteiger partial charge in [0.25, 0.3) is 5.91 Å². The highest BCUT2D eigenvalue weighted by Gasteiger charge is 2.17. The Hall–Kier alpha value is -2.40. The molecule has 0 saturated heterocycles. The van der Waals surface area contributed by atoms with E-state index in [1.165, 1.54) is 23.2 Å². The van der Waals surface area contributed by atoms with Gasteiger partial charge in [0.2, 0.25) is 0 Å². The first-order valence-corrected chi connectivity index (χ1v) is 6.51. The largest absolute Gasteiger partial charge is 0.478 e. The minimum Gasteiger partial charge on any atom is -0.478 e. The Balaban J connectivity index is 2.28. The summed E-state index contributed by atoms with van der Waals surface area (Å²) in [5.41, 5.74) is 1.76. The number of anilines is 1. The molecule has 0 saturated carbocycles. The van der Waals surface area contributed by atoms with Crippen LogP contribution in [0.3, 0.4) is 0 Å². The number of carbonyl (C=O) groups is 2. The molecule has 0 bridgehead atoms. The number of benzene rings is 1. The lowest BCUT2D eigenvalue weighted by Crippen LogP contribution is -2.26. The zero-order valence-electron chi connectivity index (χ0n) is 11.5. The van der Waals surface area contributed by atoms with Crippen molar-refractivity contribution in [2.24, 2.45) is 0 Å². The molecular formula is C15H13ClN2O3. The molecule has 0 atom stereocenters. The summed E-state index contributed by atoms with van der Waals surface area (Å²) in [5, 5.41) is 9.19. The Morgan fingerprint density at radius 1 is 1.24 bits per heavy atom. The number of pyridine rings is 1. The van der Waals surface area contributed by atoms with Crippen LogP contribution >= 0.6 is 11.6 Å². The van der Waals surface area contributed by atoms with E-state index in [0.29, 0.717) is 16.3 Å². The maximum absolute atomic E-state index is 12.4. The van der Waals surface area contributed by atoms with E-state index in [1.54, 1.807) is 32.2 Å². The molecule has 0 aliphatic rings. The number of nitrogens with zero attached hydrogens (tertiary/aromatic N) is 2. The van der Waals surface area contributed by atoms with Crippen molar-refractivity contribution in [2.45, 2.75) is 6.92 Å². The van der Waals surface area contributed by atoms with E-state index in [1.807, 2.05) is 0 Å². The van der Waals surface area contributed by atoms with Gasteiger partial charge in [-0.15, -0.1) is 0 Å². The van der Waals surface area contributed by atoms with Gasteiger partial charge in [0.05, 0.1) is 16.1 Å². The average molecular weight is 305 g/mol. The van der Waals surface area contributed by atoms with Gasteiger partial charge in [0, 0.05) is 24.6 Å². The molecule has 0 aliphatic heterocycles. The van der Waals surface area contributed by atoms with E-state index in [-0.39, 0.29) is 11.5 Å². The van der Waals surface area contributed by atoms with Crippen molar-refractivity contribution in [1.82, 2.24) is 4.98 Å². The smallest absolute Gasteiger partial charge is 0.335 e. The van der Waals surface area contributed by atoms with E-state index in [0.717, 1.165) is 5.69 Å². The fraction of sp³-hybridized carbons (Fsp3) is 0.133. The molecule has 0 unspecified atom stereocenters. The lowest BCUT2D eigenvalue weighted by atomic mass is 10.1. The molecule has 2 rings (SSSR count). The summed E-state index contributed by atoms with van der Waals surface area (Å²) in [6.45, 7) is 1.79. The molecule has 1 aromatic heterocycles. The molecule has 5 nitrogen and oxygen atoms in total. The van der Waals surface area contributed by atoms with Crippen LogP contribution in [0.5, 0.6) is 0 Å². The zero-order chi connectivity index (χ0) is 15.6. The van der Waals surface area contributed by atoms with Crippen LogP contribution in [0.15, 0.2) is 36.5 Å². The minimum absolute atomic E-state index is 0.162. The van der Waals surface area contributed by atoms with Crippen LogP contribution in [0.1, 0.15) is 26.4 Å². The van der Waals surface area contributed by atoms with Crippen molar-refractivity contribution < 1.29 is 14.7 Å². The van der Waals surface area contributed by atoms with Crippen LogP contribution in [0.2, 0.25) is 5.02 Å². The second-order valence-corrected chi connectivity index (χ2v) is 4.93. The topological polar surface area (TPSA) is 70.5 Å². The molecule has 0 aliphatic carbocycles. The number of aromatic carboxylic acids is 1. The van der Waals surface area contributed by atoms with Gasteiger partial charge in [-0.25, -0.2) is 4.79 Å². The van der Waals surface area contributed by atoms with Gasteiger partial charge in [-0.05, 0) is 37.3 Å². The maximum Gasteiger partial charge on any atom is 0.335 e. The van der Waals surface area contributed by atoms with Gasteiger partial charge < -0.3 is 10.0 Å². The Bertz CT molecular complexity index is 699. The molecule has 6 heteroatoms. The number of carboxylic acids is 1. The molecule has 1 amide bonds. The Morgan fingerprint density at radius 2 is 1.86 bits per heavy atom. The van der Waals surface area contributed by atoms with Crippen LogP contribution in [-0.2, 0) is 0 Å². The van der Waals surface area contributed by atoms with Crippen molar-refractivity contribution in [3.05, 3.63) is 58.4 Å². The first-order valence-electron chi connectivity index (χ1n) is 6.13. The third kappa shape index (κ3) is 3.20. The summed E-state index contributed by atoms with van der Waals surface area (Å²) in [6, 6.07) is 7.64. The molecular weight excluding hydrogens is 292 g/mol. The van der Waals surface area contributed by atoms with Crippen LogP contribution < -0.4 is 4.90 Å². The summed E-state index contributed by atoms with van der Waals surface area (Å²) >= 11 is 6.06. The molecule has 108 valence electrons. The lowest BCUT2D eigenvalue weighted by Gasteiger charge is -2.18. The fourth-order valence-corrected chi connectivity index (χ4v) is 2.10. The zero-order valence-corrected chi connectivity index (χ0v) is 12.3. The third-order valence-corrected chi connectivity index (χ3v) is 3.34. The number of aromatic nitrogens is 1. The molecule has 1 heterocycles. The number of rotatable bonds is 3. The van der Waals surface area contributed by atoms with Gasteiger partial charge in [0.1, 0.15) is 0 Å². The summed E-state index contributed by atoms with van der Waals surface area (Å²) in [5.74, 6) is -1.32. The minimum atomic E-state index is -1.01. The summed E-state index contributed by atoms with van der Waals surface area (Å²) in [4.78, 5) is 28.6. The number of aryl methyl sites for hydroxylation is 1. The van der Waals surface area contributed by atoms with Crippen molar-refractivity contribution in [3.8, 4) is 0 Å².